The number of rotatable bonds is 3. The Labute approximate surface area is 113 Å². The van der Waals surface area contributed by atoms with Gasteiger partial charge in [-0.1, -0.05) is 6.07 Å². The molecule has 1 aromatic carbocycles. The smallest absolute Gasteiger partial charge is 0.124 e. The van der Waals surface area contributed by atoms with Crippen molar-refractivity contribution in [2.75, 3.05) is 5.32 Å². The summed E-state index contributed by atoms with van der Waals surface area (Å²) in [6.07, 6.45) is 3.65. The van der Waals surface area contributed by atoms with Gasteiger partial charge in [0.2, 0.25) is 0 Å². The van der Waals surface area contributed by atoms with Crippen LogP contribution in [0, 0.1) is 16.3 Å². The third-order valence-corrected chi connectivity index (χ3v) is 3.24. The molecule has 0 atom stereocenters. The van der Waals surface area contributed by atoms with Gasteiger partial charge >= 0.3 is 0 Å². The molecule has 0 spiro atoms. The highest BCUT2D eigenvalue weighted by atomic mass is 127. The van der Waals surface area contributed by atoms with E-state index < -0.39 is 0 Å². The summed E-state index contributed by atoms with van der Waals surface area (Å²) in [6.45, 7) is 2.70. The summed E-state index contributed by atoms with van der Waals surface area (Å²) in [4.78, 5) is 4.13. The van der Waals surface area contributed by atoms with Crippen LogP contribution in [0.2, 0.25) is 0 Å². The Bertz CT molecular complexity index is 529. The summed E-state index contributed by atoms with van der Waals surface area (Å²) < 4.78 is 13.8. The largest absolute Gasteiger partial charge is 0.380 e. The van der Waals surface area contributed by atoms with E-state index in [0.29, 0.717) is 6.54 Å². The Kier molecular flexibility index (Phi) is 3.93. The summed E-state index contributed by atoms with van der Waals surface area (Å²) in [5.74, 6) is -0.211. The first-order chi connectivity index (χ1) is 8.15. The van der Waals surface area contributed by atoms with E-state index in [-0.39, 0.29) is 5.82 Å². The molecule has 0 bridgehead atoms. The number of benzene rings is 1. The van der Waals surface area contributed by atoms with Crippen molar-refractivity contribution in [1.29, 1.82) is 0 Å². The summed E-state index contributed by atoms with van der Waals surface area (Å²) in [7, 11) is 0. The van der Waals surface area contributed by atoms with Crippen LogP contribution in [-0.2, 0) is 6.54 Å². The van der Waals surface area contributed by atoms with Crippen molar-refractivity contribution in [3.8, 4) is 0 Å². The number of anilines is 1. The van der Waals surface area contributed by atoms with Gasteiger partial charge in [0.25, 0.3) is 0 Å². The van der Waals surface area contributed by atoms with E-state index in [2.05, 4.69) is 39.0 Å². The molecule has 2 nitrogen and oxygen atoms in total. The van der Waals surface area contributed by atoms with Crippen molar-refractivity contribution < 1.29 is 4.39 Å². The molecule has 4 heteroatoms. The molecule has 88 valence electrons. The van der Waals surface area contributed by atoms with E-state index in [4.69, 9.17) is 0 Å². The average Bonchev–Trinajstić information content (AvgIpc) is 2.28. The van der Waals surface area contributed by atoms with Gasteiger partial charge in [0.05, 0.1) is 0 Å². The van der Waals surface area contributed by atoms with Gasteiger partial charge in [-0.2, -0.15) is 0 Å². The van der Waals surface area contributed by atoms with Crippen molar-refractivity contribution in [3.63, 3.8) is 0 Å². The molecule has 0 radical (unpaired) electrons. The Balaban J connectivity index is 2.07. The van der Waals surface area contributed by atoms with Crippen LogP contribution in [0.3, 0.4) is 0 Å². The molecule has 0 unspecified atom stereocenters. The zero-order chi connectivity index (χ0) is 12.3. The van der Waals surface area contributed by atoms with E-state index in [9.17, 15) is 4.39 Å². The molecule has 1 heterocycles. The number of aromatic nitrogens is 1. The predicted molar refractivity (Wildman–Crippen MR) is 75.4 cm³/mol. The van der Waals surface area contributed by atoms with Crippen LogP contribution in [0.5, 0.6) is 0 Å². The average molecular weight is 342 g/mol. The van der Waals surface area contributed by atoms with Gasteiger partial charge in [-0.25, -0.2) is 4.39 Å². The van der Waals surface area contributed by atoms with Crippen molar-refractivity contribution >= 4 is 28.3 Å². The second-order valence-electron chi connectivity index (χ2n) is 3.85. The second-order valence-corrected chi connectivity index (χ2v) is 5.01. The fraction of sp³-hybridized carbons (Fsp3) is 0.154. The van der Waals surface area contributed by atoms with Gasteiger partial charge in [-0.05, 0) is 58.8 Å². The zero-order valence-electron chi connectivity index (χ0n) is 9.37. The monoisotopic (exact) mass is 342 g/mol. The van der Waals surface area contributed by atoms with Crippen LogP contribution in [-0.4, -0.2) is 4.98 Å². The lowest BCUT2D eigenvalue weighted by molar-refractivity contribution is 0.627. The first kappa shape index (κ1) is 12.3. The van der Waals surface area contributed by atoms with Gasteiger partial charge in [0.15, 0.2) is 0 Å². The van der Waals surface area contributed by atoms with Crippen molar-refractivity contribution in [1.82, 2.24) is 4.98 Å². The third-order valence-electron chi connectivity index (χ3n) is 2.35. The zero-order valence-corrected chi connectivity index (χ0v) is 11.5. The molecule has 0 aliphatic heterocycles. The molecular formula is C13H12FIN2. The highest BCUT2D eigenvalue weighted by Gasteiger charge is 2.01. The summed E-state index contributed by atoms with van der Waals surface area (Å²) in [5.41, 5.74) is 3.19. The first-order valence-electron chi connectivity index (χ1n) is 5.24. The van der Waals surface area contributed by atoms with Crippen LogP contribution in [0.25, 0.3) is 0 Å². The lowest BCUT2D eigenvalue weighted by Gasteiger charge is -2.08. The number of nitrogens with one attached hydrogen (secondary N) is 1. The molecule has 1 aromatic heterocycles. The Morgan fingerprint density at radius 3 is 2.82 bits per heavy atom. The Morgan fingerprint density at radius 2 is 2.12 bits per heavy atom. The highest BCUT2D eigenvalue weighted by Crippen LogP contribution is 2.19. The third kappa shape index (κ3) is 3.39. The molecule has 2 rings (SSSR count). The number of hydrogen-bond acceptors (Lipinski definition) is 2. The fourth-order valence-electron chi connectivity index (χ4n) is 1.54. The number of hydrogen-bond donors (Lipinski definition) is 1. The Morgan fingerprint density at radius 1 is 1.29 bits per heavy atom. The van der Waals surface area contributed by atoms with Crippen molar-refractivity contribution in [2.24, 2.45) is 0 Å². The predicted octanol–water partition coefficient (Wildman–Crippen LogP) is 3.75. The van der Waals surface area contributed by atoms with Gasteiger partial charge in [0.1, 0.15) is 5.82 Å². The van der Waals surface area contributed by atoms with E-state index in [1.54, 1.807) is 6.07 Å². The van der Waals surface area contributed by atoms with Gasteiger partial charge in [0, 0.05) is 28.2 Å². The van der Waals surface area contributed by atoms with E-state index >= 15 is 0 Å². The lowest BCUT2D eigenvalue weighted by Crippen LogP contribution is -2.02. The highest BCUT2D eigenvalue weighted by molar-refractivity contribution is 14.1. The maximum atomic E-state index is 12.9. The van der Waals surface area contributed by atoms with Crippen molar-refractivity contribution in [3.05, 3.63) is 57.2 Å². The quantitative estimate of drug-likeness (QED) is 0.860. The Hall–Kier alpha value is -1.17. The molecule has 0 aliphatic rings. The van der Waals surface area contributed by atoms with Gasteiger partial charge in [-0.15, -0.1) is 0 Å². The number of aryl methyl sites for hydroxylation is 1. The minimum Gasteiger partial charge on any atom is -0.380 e. The molecule has 0 aliphatic carbocycles. The number of nitrogens with zero attached hydrogens (tertiary/aromatic N) is 1. The van der Waals surface area contributed by atoms with E-state index in [1.165, 1.54) is 12.1 Å². The first-order valence-corrected chi connectivity index (χ1v) is 6.32. The van der Waals surface area contributed by atoms with Gasteiger partial charge in [-0.3, -0.25) is 4.98 Å². The van der Waals surface area contributed by atoms with Crippen LogP contribution in [0.1, 0.15) is 11.1 Å². The number of halogens is 2. The summed E-state index contributed by atoms with van der Waals surface area (Å²) in [6, 6.07) is 6.80. The second kappa shape index (κ2) is 5.44. The molecule has 1 N–H and O–H groups in total. The minimum atomic E-state index is -0.211. The summed E-state index contributed by atoms with van der Waals surface area (Å²) >= 11 is 2.12. The standard InChI is InChI=1S/C13H12FIN2/c1-9-4-10(7-16-6-9)8-17-13-3-2-11(14)5-12(13)15/h2-7,17H,8H2,1H3. The molecule has 17 heavy (non-hydrogen) atoms. The fourth-order valence-corrected chi connectivity index (χ4v) is 2.21. The maximum Gasteiger partial charge on any atom is 0.124 e. The minimum absolute atomic E-state index is 0.211. The van der Waals surface area contributed by atoms with Crippen LogP contribution < -0.4 is 5.32 Å². The lowest BCUT2D eigenvalue weighted by atomic mass is 10.2. The maximum absolute atomic E-state index is 12.9. The topological polar surface area (TPSA) is 24.9 Å². The molecule has 0 saturated heterocycles. The van der Waals surface area contributed by atoms with Crippen LogP contribution >= 0.6 is 22.6 Å². The molecule has 0 saturated carbocycles. The van der Waals surface area contributed by atoms with E-state index in [0.717, 1.165) is 20.4 Å². The van der Waals surface area contributed by atoms with Crippen LogP contribution in [0.4, 0.5) is 10.1 Å². The normalized spacial score (nSPS) is 10.3. The van der Waals surface area contributed by atoms with Crippen LogP contribution in [0.15, 0.2) is 36.7 Å². The number of pyridine rings is 1. The van der Waals surface area contributed by atoms with Gasteiger partial charge < -0.3 is 5.32 Å². The van der Waals surface area contributed by atoms with Crippen molar-refractivity contribution in [2.45, 2.75) is 13.5 Å². The molecule has 2 aromatic rings. The van der Waals surface area contributed by atoms with E-state index in [1.807, 2.05) is 19.3 Å². The molecular weight excluding hydrogens is 330 g/mol. The SMILES string of the molecule is Cc1cncc(CNc2ccc(F)cc2I)c1. The molecule has 0 fully saturated rings. The summed E-state index contributed by atoms with van der Waals surface area (Å²) in [5, 5.41) is 3.27. The molecule has 0 amide bonds.